The van der Waals surface area contributed by atoms with Crippen molar-refractivity contribution in [2.75, 3.05) is 12.9 Å². The first kappa shape index (κ1) is 17.8. The lowest BCUT2D eigenvalue weighted by molar-refractivity contribution is -0.0871. The molecule has 2 heterocycles. The molecular formula is C15H20O7S2. The highest BCUT2D eigenvalue weighted by Crippen LogP contribution is 2.37. The summed E-state index contributed by atoms with van der Waals surface area (Å²) in [6.45, 7) is 1.72. The smallest absolute Gasteiger partial charge is 0.264 e. The van der Waals surface area contributed by atoms with E-state index in [0.29, 0.717) is 0 Å². The van der Waals surface area contributed by atoms with Crippen LogP contribution in [0.1, 0.15) is 18.4 Å². The Bertz CT molecular complexity index is 799. The molecule has 0 radical (unpaired) electrons. The van der Waals surface area contributed by atoms with E-state index in [1.54, 1.807) is 24.3 Å². The van der Waals surface area contributed by atoms with Crippen LogP contribution in [0.2, 0.25) is 0 Å². The Morgan fingerprint density at radius 1 is 1.08 bits per heavy atom. The lowest BCUT2D eigenvalue weighted by Crippen LogP contribution is -2.37. The maximum Gasteiger partial charge on any atom is 0.264 e. The van der Waals surface area contributed by atoms with Gasteiger partial charge in [0.2, 0.25) is 0 Å². The molecule has 7 nitrogen and oxygen atoms in total. The van der Waals surface area contributed by atoms with Crippen molar-refractivity contribution in [3.8, 4) is 0 Å². The molecule has 2 bridgehead atoms. The van der Waals surface area contributed by atoms with Crippen molar-refractivity contribution in [2.45, 2.75) is 48.4 Å². The number of hydrogen-bond donors (Lipinski definition) is 0. The number of benzene rings is 1. The van der Waals surface area contributed by atoms with Gasteiger partial charge in [0.15, 0.2) is 16.1 Å². The van der Waals surface area contributed by atoms with Gasteiger partial charge in [0.1, 0.15) is 6.10 Å². The first-order valence-electron chi connectivity index (χ1n) is 7.61. The first-order chi connectivity index (χ1) is 11.1. The molecule has 0 aliphatic carbocycles. The first-order valence-corrected chi connectivity index (χ1v) is 11.0. The molecule has 2 aliphatic rings. The fourth-order valence-corrected chi connectivity index (χ4v) is 5.13. The molecule has 4 atom stereocenters. The molecule has 0 amide bonds. The topological polar surface area (TPSA) is 96.0 Å². The summed E-state index contributed by atoms with van der Waals surface area (Å²) in [7, 11) is -7.07. The maximum atomic E-state index is 12.8. The molecule has 0 N–H and O–H groups in total. The molecule has 2 aliphatic heterocycles. The van der Waals surface area contributed by atoms with Crippen molar-refractivity contribution in [3.63, 3.8) is 0 Å². The summed E-state index contributed by atoms with van der Waals surface area (Å²) >= 11 is 0. The van der Waals surface area contributed by atoms with Crippen LogP contribution in [0, 0.1) is 6.92 Å². The normalized spacial score (nSPS) is 30.4. The van der Waals surface area contributed by atoms with Crippen molar-refractivity contribution < 1.29 is 30.5 Å². The maximum absolute atomic E-state index is 12.8. The molecule has 3 rings (SSSR count). The summed E-state index contributed by atoms with van der Waals surface area (Å²) in [5.41, 5.74) is 0.988. The minimum absolute atomic E-state index is 0.169. The molecule has 0 saturated carbocycles. The molecule has 0 unspecified atom stereocenters. The highest BCUT2D eigenvalue weighted by molar-refractivity contribution is 7.92. The van der Waals surface area contributed by atoms with Crippen LogP contribution >= 0.6 is 0 Å². The zero-order valence-corrected chi connectivity index (χ0v) is 15.0. The zero-order valence-electron chi connectivity index (χ0n) is 13.4. The van der Waals surface area contributed by atoms with Crippen molar-refractivity contribution in [1.29, 1.82) is 0 Å². The Hall–Kier alpha value is -1.00. The van der Waals surface area contributed by atoms with Crippen molar-refractivity contribution >= 4 is 20.0 Å². The summed E-state index contributed by atoms with van der Waals surface area (Å²) in [5.74, 6) is 0. The minimum atomic E-state index is -3.58. The van der Waals surface area contributed by atoms with Gasteiger partial charge in [-0.1, -0.05) is 17.7 Å². The summed E-state index contributed by atoms with van der Waals surface area (Å²) in [5, 5.41) is -0.618. The number of aryl methyl sites for hydroxylation is 1. The van der Waals surface area contributed by atoms with Crippen LogP contribution in [0.25, 0.3) is 0 Å². The van der Waals surface area contributed by atoms with Gasteiger partial charge in [-0.25, -0.2) is 8.42 Å². The van der Waals surface area contributed by atoms with Gasteiger partial charge in [-0.15, -0.1) is 0 Å². The van der Waals surface area contributed by atoms with Gasteiger partial charge in [-0.05, 0) is 25.5 Å². The van der Waals surface area contributed by atoms with Crippen molar-refractivity contribution in [2.24, 2.45) is 0 Å². The summed E-state index contributed by atoms with van der Waals surface area (Å²) in [6, 6.07) is 6.74. The van der Waals surface area contributed by atoms with Crippen LogP contribution in [0.15, 0.2) is 29.2 Å². The fourth-order valence-electron chi connectivity index (χ4n) is 3.00. The number of hydrogen-bond acceptors (Lipinski definition) is 7. The van der Waals surface area contributed by atoms with Gasteiger partial charge in [0, 0.05) is 6.42 Å². The number of fused-ring (bicyclic) bond motifs is 2. The van der Waals surface area contributed by atoms with E-state index >= 15 is 0 Å². The molecule has 2 saturated heterocycles. The molecule has 0 spiro atoms. The van der Waals surface area contributed by atoms with E-state index < -0.39 is 43.7 Å². The number of rotatable bonds is 5. The van der Waals surface area contributed by atoms with E-state index in [9.17, 15) is 16.8 Å². The lowest BCUT2D eigenvalue weighted by atomic mass is 10.1. The van der Waals surface area contributed by atoms with E-state index in [-0.39, 0.29) is 24.3 Å². The summed E-state index contributed by atoms with van der Waals surface area (Å²) < 4.78 is 63.7. The van der Waals surface area contributed by atoms with Crippen LogP contribution in [-0.4, -0.2) is 53.4 Å². The average molecular weight is 376 g/mol. The highest BCUT2D eigenvalue weighted by Gasteiger charge is 2.47. The van der Waals surface area contributed by atoms with Gasteiger partial charge in [-0.3, -0.25) is 4.18 Å². The Kier molecular flexibility index (Phi) is 4.73. The van der Waals surface area contributed by atoms with E-state index in [1.807, 2.05) is 6.92 Å². The quantitative estimate of drug-likeness (QED) is 0.708. The van der Waals surface area contributed by atoms with Crippen molar-refractivity contribution in [1.82, 2.24) is 0 Å². The van der Waals surface area contributed by atoms with Crippen LogP contribution in [0.5, 0.6) is 0 Å². The predicted molar refractivity (Wildman–Crippen MR) is 85.7 cm³/mol. The molecule has 0 aromatic heterocycles. The fraction of sp³-hybridized carbons (Fsp3) is 0.600. The van der Waals surface area contributed by atoms with Crippen LogP contribution in [0.4, 0.5) is 0 Å². The molecule has 24 heavy (non-hydrogen) atoms. The summed E-state index contributed by atoms with van der Waals surface area (Å²) in [6.07, 6.45) is -0.285. The third kappa shape index (κ3) is 3.80. The SMILES string of the molecule is Cc1ccc(S(=O)(=O)[C@@H]2C[C@H]3O[C@H](COS(C)(=O)=O)[C@@H](C2)O3)cc1. The van der Waals surface area contributed by atoms with Crippen LogP contribution < -0.4 is 0 Å². The van der Waals surface area contributed by atoms with Gasteiger partial charge < -0.3 is 9.47 Å². The van der Waals surface area contributed by atoms with Crippen LogP contribution in [-0.2, 0) is 33.6 Å². The minimum Gasteiger partial charge on any atom is -0.347 e. The Labute approximate surface area is 142 Å². The second kappa shape index (κ2) is 6.38. The molecule has 9 heteroatoms. The van der Waals surface area contributed by atoms with E-state index in [2.05, 4.69) is 0 Å². The van der Waals surface area contributed by atoms with Gasteiger partial charge in [-0.2, -0.15) is 8.42 Å². The second-order valence-electron chi connectivity index (χ2n) is 6.22. The van der Waals surface area contributed by atoms with Gasteiger partial charge >= 0.3 is 0 Å². The standard InChI is InChI=1S/C15H20O7S2/c1-10-3-5-11(6-4-10)24(18,19)12-7-13-14(9-20-23(2,16)17)22-15(8-12)21-13/h3-6,12-15H,7-9H2,1-2H3/t12-,13+,14+,15+/m0/s1. The largest absolute Gasteiger partial charge is 0.347 e. The lowest BCUT2D eigenvalue weighted by Gasteiger charge is -2.27. The molecule has 1 aromatic carbocycles. The van der Waals surface area contributed by atoms with Gasteiger partial charge in [0.25, 0.3) is 10.1 Å². The zero-order chi connectivity index (χ0) is 17.5. The molecule has 134 valence electrons. The van der Waals surface area contributed by atoms with Crippen molar-refractivity contribution in [3.05, 3.63) is 29.8 Å². The van der Waals surface area contributed by atoms with E-state index in [4.69, 9.17) is 13.7 Å². The third-order valence-corrected chi connectivity index (χ3v) is 7.01. The van der Waals surface area contributed by atoms with Gasteiger partial charge in [0.05, 0.1) is 29.1 Å². The Morgan fingerprint density at radius 3 is 2.38 bits per heavy atom. The Morgan fingerprint density at radius 2 is 1.75 bits per heavy atom. The third-order valence-electron chi connectivity index (χ3n) is 4.25. The Balaban J connectivity index is 1.73. The number of ether oxygens (including phenoxy) is 2. The molecule has 1 aromatic rings. The monoisotopic (exact) mass is 376 g/mol. The highest BCUT2D eigenvalue weighted by atomic mass is 32.2. The van der Waals surface area contributed by atoms with Crippen LogP contribution in [0.3, 0.4) is 0 Å². The summed E-state index contributed by atoms with van der Waals surface area (Å²) in [4.78, 5) is 0.281. The van der Waals surface area contributed by atoms with E-state index in [1.165, 1.54) is 0 Å². The molecule has 2 fully saturated rings. The number of sulfone groups is 1. The van der Waals surface area contributed by atoms with E-state index in [0.717, 1.165) is 11.8 Å². The average Bonchev–Trinajstić information content (AvgIpc) is 2.78. The second-order valence-corrected chi connectivity index (χ2v) is 10.1. The molecular weight excluding hydrogens is 356 g/mol. The predicted octanol–water partition coefficient (Wildman–Crippen LogP) is 1.02.